The maximum atomic E-state index is 12.8. The first-order chi connectivity index (χ1) is 15.8. The van der Waals surface area contributed by atoms with Crippen LogP contribution in [-0.2, 0) is 9.59 Å². The highest BCUT2D eigenvalue weighted by Crippen LogP contribution is 2.33. The molecule has 33 heavy (non-hydrogen) atoms. The molecule has 11 heteroatoms. The maximum Gasteiger partial charge on any atom is 0.305 e. The van der Waals surface area contributed by atoms with Crippen LogP contribution in [0.3, 0.4) is 0 Å². The van der Waals surface area contributed by atoms with E-state index in [1.165, 1.54) is 23.5 Å². The molecule has 2 fully saturated rings. The monoisotopic (exact) mass is 472 g/mol. The van der Waals surface area contributed by atoms with E-state index < -0.39 is 22.8 Å². The fourth-order valence-corrected chi connectivity index (χ4v) is 4.74. The molecule has 0 spiro atoms. The van der Waals surface area contributed by atoms with E-state index in [9.17, 15) is 29.6 Å². The highest BCUT2D eigenvalue weighted by Gasteiger charge is 2.35. The second kappa shape index (κ2) is 9.57. The number of thiophene rings is 1. The van der Waals surface area contributed by atoms with Crippen LogP contribution in [0.4, 0.5) is 11.4 Å². The molecule has 2 aromatic rings. The summed E-state index contributed by atoms with van der Waals surface area (Å²) in [4.78, 5) is 51.9. The van der Waals surface area contributed by atoms with Gasteiger partial charge in [0, 0.05) is 48.6 Å². The number of benzene rings is 1. The van der Waals surface area contributed by atoms with Crippen molar-refractivity contribution in [3.63, 3.8) is 0 Å². The molecule has 2 amide bonds. The number of nitro benzene ring substituents is 1. The van der Waals surface area contributed by atoms with Crippen molar-refractivity contribution in [2.24, 2.45) is 5.92 Å². The Morgan fingerprint density at radius 3 is 2.48 bits per heavy atom. The lowest BCUT2D eigenvalue weighted by molar-refractivity contribution is -0.384. The molecule has 2 aliphatic rings. The molecule has 1 unspecified atom stereocenters. The summed E-state index contributed by atoms with van der Waals surface area (Å²) in [5, 5.41) is 25.4. The summed E-state index contributed by atoms with van der Waals surface area (Å²) in [5.74, 6) is -1.33. The number of carbonyl (C=O) groups is 3. The molecule has 1 saturated carbocycles. The van der Waals surface area contributed by atoms with Crippen molar-refractivity contribution >= 4 is 40.5 Å². The summed E-state index contributed by atoms with van der Waals surface area (Å²) in [6.07, 6.45) is 1.58. The topological polar surface area (TPSA) is 133 Å². The fourth-order valence-electron chi connectivity index (χ4n) is 3.96. The second-order valence-corrected chi connectivity index (χ2v) is 9.17. The average molecular weight is 473 g/mol. The van der Waals surface area contributed by atoms with Crippen LogP contribution < -0.4 is 10.2 Å². The van der Waals surface area contributed by atoms with E-state index in [1.54, 1.807) is 23.6 Å². The number of rotatable bonds is 8. The van der Waals surface area contributed by atoms with Crippen molar-refractivity contribution in [1.82, 2.24) is 10.2 Å². The molecular formula is C22H24N4O6S. The van der Waals surface area contributed by atoms with Crippen LogP contribution in [0.2, 0.25) is 0 Å². The first-order valence-electron chi connectivity index (χ1n) is 10.7. The van der Waals surface area contributed by atoms with Gasteiger partial charge in [-0.25, -0.2) is 0 Å². The van der Waals surface area contributed by atoms with Gasteiger partial charge in [-0.1, -0.05) is 6.07 Å². The summed E-state index contributed by atoms with van der Waals surface area (Å²) in [6, 6.07) is 7.04. The van der Waals surface area contributed by atoms with Gasteiger partial charge in [0.05, 0.1) is 17.4 Å². The smallest absolute Gasteiger partial charge is 0.305 e. The molecular weight excluding hydrogens is 448 g/mol. The Kier molecular flexibility index (Phi) is 6.59. The number of carboxylic acid groups (broad SMARTS) is 1. The van der Waals surface area contributed by atoms with Crippen LogP contribution in [0.25, 0.3) is 0 Å². The summed E-state index contributed by atoms with van der Waals surface area (Å²) in [6.45, 7) is 1.96. The number of nitrogens with one attached hydrogen (secondary N) is 1. The molecule has 2 heterocycles. The molecule has 2 N–H and O–H groups in total. The van der Waals surface area contributed by atoms with Gasteiger partial charge < -0.3 is 20.2 Å². The van der Waals surface area contributed by atoms with Crippen LogP contribution in [0.15, 0.2) is 35.7 Å². The molecule has 0 radical (unpaired) electrons. The number of hydrogen-bond donors (Lipinski definition) is 2. The molecule has 174 valence electrons. The quantitative estimate of drug-likeness (QED) is 0.446. The predicted molar refractivity (Wildman–Crippen MR) is 121 cm³/mol. The summed E-state index contributed by atoms with van der Waals surface area (Å²) < 4.78 is 0. The summed E-state index contributed by atoms with van der Waals surface area (Å²) in [7, 11) is 0. The molecule has 0 bridgehead atoms. The number of nitro groups is 1. The van der Waals surface area contributed by atoms with E-state index in [-0.39, 0.29) is 29.5 Å². The Bertz CT molecular complexity index is 1060. The minimum absolute atomic E-state index is 0.0833. The molecule has 1 aromatic heterocycles. The largest absolute Gasteiger partial charge is 0.481 e. The molecule has 10 nitrogen and oxygen atoms in total. The van der Waals surface area contributed by atoms with Gasteiger partial charge in [-0.2, -0.15) is 0 Å². The Hall–Kier alpha value is -3.47. The van der Waals surface area contributed by atoms with E-state index in [4.69, 9.17) is 0 Å². The normalized spacial score (nSPS) is 16.8. The molecule has 1 saturated heterocycles. The Morgan fingerprint density at radius 1 is 1.18 bits per heavy atom. The van der Waals surface area contributed by atoms with Crippen molar-refractivity contribution < 1.29 is 24.4 Å². The third kappa shape index (κ3) is 5.30. The zero-order valence-electron chi connectivity index (χ0n) is 17.8. The van der Waals surface area contributed by atoms with Gasteiger partial charge in [0.2, 0.25) is 5.91 Å². The average Bonchev–Trinajstić information content (AvgIpc) is 3.51. The van der Waals surface area contributed by atoms with Gasteiger partial charge >= 0.3 is 5.97 Å². The zero-order valence-corrected chi connectivity index (χ0v) is 18.6. The minimum Gasteiger partial charge on any atom is -0.481 e. The van der Waals surface area contributed by atoms with Gasteiger partial charge in [0.25, 0.3) is 11.6 Å². The SMILES string of the molecule is O=C(O)CC(NC(=O)c1ccc(N2CCN(C(=O)C3CC3)CC2)c([N+](=O)[O-])c1)c1cccs1. The van der Waals surface area contributed by atoms with Crippen molar-refractivity contribution in [1.29, 1.82) is 0 Å². The van der Waals surface area contributed by atoms with Gasteiger partial charge in [-0.3, -0.25) is 24.5 Å². The predicted octanol–water partition coefficient (Wildman–Crippen LogP) is 2.66. The number of carbonyl (C=O) groups excluding carboxylic acids is 2. The highest BCUT2D eigenvalue weighted by atomic mass is 32.1. The van der Waals surface area contributed by atoms with Crippen LogP contribution >= 0.6 is 11.3 Å². The highest BCUT2D eigenvalue weighted by molar-refractivity contribution is 7.10. The molecule has 1 atom stereocenters. The number of hydrogen-bond acceptors (Lipinski definition) is 7. The van der Waals surface area contributed by atoms with E-state index >= 15 is 0 Å². The van der Waals surface area contributed by atoms with E-state index in [1.807, 2.05) is 9.80 Å². The van der Waals surface area contributed by atoms with Crippen LogP contribution in [-0.4, -0.2) is 58.9 Å². The van der Waals surface area contributed by atoms with E-state index in [0.29, 0.717) is 36.7 Å². The molecule has 1 aromatic carbocycles. The Balaban J connectivity index is 1.48. The van der Waals surface area contributed by atoms with E-state index in [0.717, 1.165) is 12.8 Å². The minimum atomic E-state index is -1.06. The van der Waals surface area contributed by atoms with Gasteiger partial charge in [-0.15, -0.1) is 11.3 Å². The van der Waals surface area contributed by atoms with Gasteiger partial charge in [-0.05, 0) is 36.4 Å². The number of anilines is 1. The third-order valence-electron chi connectivity index (χ3n) is 5.86. The summed E-state index contributed by atoms with van der Waals surface area (Å²) >= 11 is 1.33. The maximum absolute atomic E-state index is 12.8. The van der Waals surface area contributed by atoms with Crippen molar-refractivity contribution in [3.8, 4) is 0 Å². The van der Waals surface area contributed by atoms with E-state index in [2.05, 4.69) is 5.32 Å². The third-order valence-corrected chi connectivity index (χ3v) is 6.85. The molecule has 1 aliphatic carbocycles. The van der Waals surface area contributed by atoms with Crippen molar-refractivity contribution in [3.05, 3.63) is 56.3 Å². The lowest BCUT2D eigenvalue weighted by atomic mass is 10.1. The molecule has 4 rings (SSSR count). The van der Waals surface area contributed by atoms with Crippen LogP contribution in [0.5, 0.6) is 0 Å². The lowest BCUT2D eigenvalue weighted by Gasteiger charge is -2.36. The number of piperazine rings is 1. The Morgan fingerprint density at radius 2 is 1.91 bits per heavy atom. The fraction of sp³-hybridized carbons (Fsp3) is 0.409. The van der Waals surface area contributed by atoms with Crippen LogP contribution in [0, 0.1) is 16.0 Å². The molecule has 1 aliphatic heterocycles. The first kappa shape index (κ1) is 22.7. The number of nitrogens with zero attached hydrogens (tertiary/aromatic N) is 3. The Labute approximate surface area is 193 Å². The lowest BCUT2D eigenvalue weighted by Crippen LogP contribution is -2.49. The van der Waals surface area contributed by atoms with Crippen molar-refractivity contribution in [2.75, 3.05) is 31.1 Å². The second-order valence-electron chi connectivity index (χ2n) is 8.19. The van der Waals surface area contributed by atoms with Crippen molar-refractivity contribution in [2.45, 2.75) is 25.3 Å². The first-order valence-corrected chi connectivity index (χ1v) is 11.6. The standard InChI is InChI=1S/C22H24N4O6S/c27-20(28)13-16(19-2-1-11-33-19)23-21(29)15-5-6-17(18(12-15)26(31)32)24-7-9-25(10-8-24)22(30)14-3-4-14/h1-2,5-6,11-12,14,16H,3-4,7-10,13H2,(H,23,29)(H,27,28). The van der Waals surface area contributed by atoms with Gasteiger partial charge in [0.1, 0.15) is 5.69 Å². The number of amides is 2. The van der Waals surface area contributed by atoms with Gasteiger partial charge in [0.15, 0.2) is 0 Å². The number of aliphatic carboxylic acids is 1. The van der Waals surface area contributed by atoms with Crippen LogP contribution in [0.1, 0.15) is 40.5 Å². The zero-order chi connectivity index (χ0) is 23.5. The summed E-state index contributed by atoms with van der Waals surface area (Å²) in [5.41, 5.74) is 0.283. The number of carboxylic acids is 1.